The van der Waals surface area contributed by atoms with Crippen molar-refractivity contribution in [3.05, 3.63) is 35.3 Å². The standard InChI is InChI=1S/C13H18O2/c1-5-15-12(14)10-6-8-11(9-7-10)13(2,3)4/h6-9H,5H2,1-4H3/i6D,7D. The van der Waals surface area contributed by atoms with Crippen LogP contribution < -0.4 is 0 Å². The molecule has 1 aromatic rings. The summed E-state index contributed by atoms with van der Waals surface area (Å²) in [6, 6.07) is 3.37. The molecule has 2 heteroatoms. The van der Waals surface area contributed by atoms with Gasteiger partial charge in [-0.3, -0.25) is 0 Å². The van der Waals surface area contributed by atoms with Gasteiger partial charge in [0.15, 0.2) is 0 Å². The molecular weight excluding hydrogens is 188 g/mol. The molecule has 0 amide bonds. The van der Waals surface area contributed by atoms with Gasteiger partial charge in [-0.25, -0.2) is 4.79 Å². The molecule has 0 aliphatic heterocycles. The van der Waals surface area contributed by atoms with Crippen molar-refractivity contribution in [2.75, 3.05) is 6.61 Å². The normalized spacial score (nSPS) is 13.1. The predicted molar refractivity (Wildman–Crippen MR) is 61.1 cm³/mol. The van der Waals surface area contributed by atoms with Gasteiger partial charge in [-0.05, 0) is 30.0 Å². The predicted octanol–water partition coefficient (Wildman–Crippen LogP) is 3.16. The number of hydrogen-bond donors (Lipinski definition) is 0. The zero-order chi connectivity index (χ0) is 13.2. The Morgan fingerprint density at radius 1 is 1.40 bits per heavy atom. The summed E-state index contributed by atoms with van der Waals surface area (Å²) in [5, 5.41) is 0. The molecule has 0 spiro atoms. The Balaban J connectivity index is 3.25. The molecule has 0 heterocycles. The van der Waals surface area contributed by atoms with E-state index in [1.54, 1.807) is 19.1 Å². The summed E-state index contributed by atoms with van der Waals surface area (Å²) in [6.45, 7) is 7.97. The van der Waals surface area contributed by atoms with Gasteiger partial charge in [0, 0.05) is 0 Å². The molecule has 1 rings (SSSR count). The van der Waals surface area contributed by atoms with E-state index >= 15 is 0 Å². The molecule has 0 aliphatic carbocycles. The van der Waals surface area contributed by atoms with Gasteiger partial charge in [0.25, 0.3) is 0 Å². The number of carbonyl (C=O) groups is 1. The maximum Gasteiger partial charge on any atom is 0.338 e. The van der Waals surface area contributed by atoms with Gasteiger partial charge in [0.1, 0.15) is 0 Å². The van der Waals surface area contributed by atoms with E-state index in [0.29, 0.717) is 0 Å². The Bertz CT molecular complexity index is 411. The molecule has 0 aliphatic rings. The van der Waals surface area contributed by atoms with Crippen molar-refractivity contribution in [3.63, 3.8) is 0 Å². The summed E-state index contributed by atoms with van der Waals surface area (Å²) in [4.78, 5) is 11.6. The van der Waals surface area contributed by atoms with Crippen molar-refractivity contribution in [3.8, 4) is 0 Å². The van der Waals surface area contributed by atoms with Gasteiger partial charge in [-0.15, -0.1) is 0 Å². The smallest absolute Gasteiger partial charge is 0.338 e. The molecule has 15 heavy (non-hydrogen) atoms. The molecule has 0 aromatic heterocycles. The third kappa shape index (κ3) is 3.08. The number of ether oxygens (including phenoxy) is 1. The highest BCUT2D eigenvalue weighted by atomic mass is 16.5. The summed E-state index contributed by atoms with van der Waals surface area (Å²) in [7, 11) is 0. The van der Waals surface area contributed by atoms with E-state index in [2.05, 4.69) is 0 Å². The van der Waals surface area contributed by atoms with Crippen molar-refractivity contribution in [2.24, 2.45) is 0 Å². The van der Waals surface area contributed by atoms with Gasteiger partial charge in [-0.2, -0.15) is 0 Å². The lowest BCUT2D eigenvalue weighted by molar-refractivity contribution is 0.0526. The highest BCUT2D eigenvalue weighted by Gasteiger charge is 2.14. The fourth-order valence-electron chi connectivity index (χ4n) is 1.14. The van der Waals surface area contributed by atoms with E-state index in [1.807, 2.05) is 20.8 Å². The molecule has 0 bridgehead atoms. The maximum atomic E-state index is 11.6. The number of hydrogen-bond acceptors (Lipinski definition) is 2. The SMILES string of the molecule is [2H]c1cc(C(C)(C)C)cc([2H])c1C(=O)OCC. The summed E-state index contributed by atoms with van der Waals surface area (Å²) in [5.74, 6) is -0.594. The van der Waals surface area contributed by atoms with E-state index in [-0.39, 0.29) is 29.7 Å². The minimum absolute atomic E-state index is 0.0415. The second kappa shape index (κ2) is 4.47. The van der Waals surface area contributed by atoms with Crippen LogP contribution in [0, 0.1) is 0 Å². The van der Waals surface area contributed by atoms with Crippen LogP contribution >= 0.6 is 0 Å². The zero-order valence-electron chi connectivity index (χ0n) is 11.7. The molecule has 0 N–H and O–H groups in total. The van der Waals surface area contributed by atoms with Crippen LogP contribution in [0.15, 0.2) is 24.2 Å². The summed E-state index contributed by atoms with van der Waals surface area (Å²) in [5.41, 5.74) is 0.777. The van der Waals surface area contributed by atoms with Gasteiger partial charge in [-0.1, -0.05) is 32.9 Å². The lowest BCUT2D eigenvalue weighted by atomic mass is 9.87. The first-order chi connectivity index (χ1) is 7.77. The molecule has 2 nitrogen and oxygen atoms in total. The van der Waals surface area contributed by atoms with E-state index in [0.717, 1.165) is 5.56 Å². The zero-order valence-corrected chi connectivity index (χ0v) is 9.68. The molecule has 1 aromatic carbocycles. The van der Waals surface area contributed by atoms with E-state index < -0.39 is 5.97 Å². The average molecular weight is 208 g/mol. The quantitative estimate of drug-likeness (QED) is 0.698. The molecule has 0 saturated heterocycles. The Kier molecular flexibility index (Phi) is 2.67. The van der Waals surface area contributed by atoms with Crippen molar-refractivity contribution in [2.45, 2.75) is 33.1 Å². The highest BCUT2D eigenvalue weighted by molar-refractivity contribution is 5.89. The second-order valence-electron chi connectivity index (χ2n) is 4.38. The molecule has 0 radical (unpaired) electrons. The van der Waals surface area contributed by atoms with E-state index in [9.17, 15) is 4.79 Å². The molecule has 82 valence electrons. The fraction of sp³-hybridized carbons (Fsp3) is 0.462. The first kappa shape index (κ1) is 8.96. The van der Waals surface area contributed by atoms with Crippen LogP contribution in [0.5, 0.6) is 0 Å². The molecule has 0 saturated carbocycles. The van der Waals surface area contributed by atoms with Crippen LogP contribution in [0.2, 0.25) is 0 Å². The third-order valence-electron chi connectivity index (χ3n) is 2.09. The minimum atomic E-state index is -0.594. The summed E-state index contributed by atoms with van der Waals surface area (Å²) < 4.78 is 20.5. The van der Waals surface area contributed by atoms with Crippen LogP contribution in [-0.4, -0.2) is 12.6 Å². The lowest BCUT2D eigenvalue weighted by Gasteiger charge is -2.18. The van der Waals surface area contributed by atoms with E-state index in [1.165, 1.54) is 0 Å². The largest absolute Gasteiger partial charge is 0.462 e. The molecular formula is C13H18O2. The lowest BCUT2D eigenvalue weighted by Crippen LogP contribution is -2.11. The first-order valence-corrected chi connectivity index (χ1v) is 5.06. The topological polar surface area (TPSA) is 26.3 Å². The van der Waals surface area contributed by atoms with Crippen LogP contribution in [-0.2, 0) is 10.2 Å². The highest BCUT2D eigenvalue weighted by Crippen LogP contribution is 2.22. The Morgan fingerprint density at radius 3 is 2.33 bits per heavy atom. The number of esters is 1. The summed E-state index contributed by atoms with van der Waals surface area (Å²) >= 11 is 0. The number of benzene rings is 1. The number of carbonyl (C=O) groups excluding carboxylic acids is 1. The summed E-state index contributed by atoms with van der Waals surface area (Å²) in [6.07, 6.45) is 0. The van der Waals surface area contributed by atoms with Crippen molar-refractivity contribution < 1.29 is 12.3 Å². The second-order valence-corrected chi connectivity index (χ2v) is 4.38. The third-order valence-corrected chi connectivity index (χ3v) is 2.09. The molecule has 0 atom stereocenters. The Morgan fingerprint density at radius 2 is 1.93 bits per heavy atom. The van der Waals surface area contributed by atoms with Crippen LogP contribution in [0.3, 0.4) is 0 Å². The number of rotatable bonds is 2. The Labute approximate surface area is 94.1 Å². The van der Waals surface area contributed by atoms with Crippen LogP contribution in [0.25, 0.3) is 0 Å². The van der Waals surface area contributed by atoms with Crippen molar-refractivity contribution >= 4 is 5.97 Å². The minimum Gasteiger partial charge on any atom is -0.462 e. The molecule has 0 fully saturated rings. The van der Waals surface area contributed by atoms with Gasteiger partial charge in [0.2, 0.25) is 0 Å². The van der Waals surface area contributed by atoms with Gasteiger partial charge in [0.05, 0.1) is 14.9 Å². The molecule has 0 unspecified atom stereocenters. The van der Waals surface area contributed by atoms with Crippen LogP contribution in [0.4, 0.5) is 0 Å². The van der Waals surface area contributed by atoms with E-state index in [4.69, 9.17) is 7.48 Å². The van der Waals surface area contributed by atoms with Gasteiger partial charge >= 0.3 is 5.97 Å². The average Bonchev–Trinajstić information content (AvgIpc) is 2.15. The fourth-order valence-corrected chi connectivity index (χ4v) is 1.14. The Hall–Kier alpha value is -1.31. The first-order valence-electron chi connectivity index (χ1n) is 6.06. The monoisotopic (exact) mass is 208 g/mol. The van der Waals surface area contributed by atoms with Crippen molar-refractivity contribution in [1.29, 1.82) is 0 Å². The van der Waals surface area contributed by atoms with Crippen molar-refractivity contribution in [1.82, 2.24) is 0 Å². The van der Waals surface area contributed by atoms with Gasteiger partial charge < -0.3 is 4.74 Å². The maximum absolute atomic E-state index is 11.6. The van der Waals surface area contributed by atoms with Crippen LogP contribution in [0.1, 0.15) is 46.4 Å².